The molecule has 0 fully saturated rings. The molecule has 0 unspecified atom stereocenters. The summed E-state index contributed by atoms with van der Waals surface area (Å²) in [5.74, 6) is 0.589. The summed E-state index contributed by atoms with van der Waals surface area (Å²) in [6.07, 6.45) is 4.82. The van der Waals surface area contributed by atoms with Crippen molar-refractivity contribution in [3.63, 3.8) is 0 Å². The summed E-state index contributed by atoms with van der Waals surface area (Å²) in [4.78, 5) is 2.36. The molecule has 0 aliphatic carbocycles. The van der Waals surface area contributed by atoms with E-state index in [4.69, 9.17) is 0 Å². The molecular weight excluding hydrogens is 232 g/mol. The third-order valence-electron chi connectivity index (χ3n) is 3.93. The van der Waals surface area contributed by atoms with E-state index >= 15 is 0 Å². The Labute approximate surface area is 117 Å². The molecule has 2 rings (SSSR count). The van der Waals surface area contributed by atoms with Crippen LogP contribution in [0.5, 0.6) is 0 Å². The van der Waals surface area contributed by atoms with E-state index in [1.54, 1.807) is 0 Å². The van der Waals surface area contributed by atoms with Crippen LogP contribution in [0.2, 0.25) is 0 Å². The topological polar surface area (TPSA) is 15.3 Å². The number of aryl methyl sites for hydroxylation is 1. The van der Waals surface area contributed by atoms with E-state index in [0.29, 0.717) is 5.92 Å². The van der Waals surface area contributed by atoms with Crippen LogP contribution in [0.15, 0.2) is 23.8 Å². The molecule has 0 amide bonds. The minimum absolute atomic E-state index is 0.589. The average molecular weight is 258 g/mol. The smallest absolute Gasteiger partial charge is 0.0396 e. The SMILES string of the molecule is CNCC(=Cc1ccc2c(c1)CCCN2C)C(C)C. The fraction of sp³-hybridized carbons (Fsp3) is 0.529. The highest BCUT2D eigenvalue weighted by Crippen LogP contribution is 2.28. The maximum atomic E-state index is 3.26. The maximum Gasteiger partial charge on any atom is 0.0396 e. The van der Waals surface area contributed by atoms with E-state index in [2.05, 4.69) is 55.4 Å². The third kappa shape index (κ3) is 3.38. The van der Waals surface area contributed by atoms with Crippen molar-refractivity contribution in [2.45, 2.75) is 26.7 Å². The fourth-order valence-corrected chi connectivity index (χ4v) is 2.73. The highest BCUT2D eigenvalue weighted by molar-refractivity contribution is 5.63. The molecule has 1 N–H and O–H groups in total. The molecule has 1 aromatic rings. The number of anilines is 1. The normalized spacial score (nSPS) is 15.8. The summed E-state index contributed by atoms with van der Waals surface area (Å²) in [5.41, 5.74) is 5.71. The van der Waals surface area contributed by atoms with Crippen molar-refractivity contribution in [3.05, 3.63) is 34.9 Å². The lowest BCUT2D eigenvalue weighted by atomic mass is 9.96. The Bertz CT molecular complexity index is 460. The van der Waals surface area contributed by atoms with Crippen LogP contribution in [0.25, 0.3) is 6.08 Å². The standard InChI is InChI=1S/C17H26N2/c1-13(2)16(12-18-3)11-14-7-8-17-15(10-14)6-5-9-19(17)4/h7-8,10-11,13,18H,5-6,9,12H2,1-4H3. The van der Waals surface area contributed by atoms with Gasteiger partial charge < -0.3 is 10.2 Å². The lowest BCUT2D eigenvalue weighted by molar-refractivity contribution is 0.712. The van der Waals surface area contributed by atoms with Crippen LogP contribution in [0.4, 0.5) is 5.69 Å². The zero-order chi connectivity index (χ0) is 13.8. The van der Waals surface area contributed by atoms with Gasteiger partial charge in [-0.05, 0) is 49.1 Å². The minimum Gasteiger partial charge on any atom is -0.374 e. The van der Waals surface area contributed by atoms with Gasteiger partial charge in [0.2, 0.25) is 0 Å². The summed E-state index contributed by atoms with van der Waals surface area (Å²) < 4.78 is 0. The Hall–Kier alpha value is -1.28. The predicted octanol–water partition coefficient (Wildman–Crippen LogP) is 3.33. The van der Waals surface area contributed by atoms with Gasteiger partial charge in [-0.3, -0.25) is 0 Å². The lowest BCUT2D eigenvalue weighted by Gasteiger charge is -2.27. The highest BCUT2D eigenvalue weighted by Gasteiger charge is 2.13. The second kappa shape index (κ2) is 6.25. The van der Waals surface area contributed by atoms with Crippen molar-refractivity contribution in [2.24, 2.45) is 5.92 Å². The maximum absolute atomic E-state index is 3.26. The van der Waals surface area contributed by atoms with Crippen LogP contribution < -0.4 is 10.2 Å². The van der Waals surface area contributed by atoms with Gasteiger partial charge >= 0.3 is 0 Å². The monoisotopic (exact) mass is 258 g/mol. The van der Waals surface area contributed by atoms with Gasteiger partial charge in [0.1, 0.15) is 0 Å². The van der Waals surface area contributed by atoms with Gasteiger partial charge in [0.25, 0.3) is 0 Å². The van der Waals surface area contributed by atoms with E-state index in [0.717, 1.165) is 6.54 Å². The molecule has 2 heteroatoms. The van der Waals surface area contributed by atoms with Gasteiger partial charge in [0.15, 0.2) is 0 Å². The van der Waals surface area contributed by atoms with Crippen molar-refractivity contribution in [3.8, 4) is 0 Å². The molecule has 0 spiro atoms. The zero-order valence-corrected chi connectivity index (χ0v) is 12.7. The first kappa shape index (κ1) is 14.1. The first-order valence-electron chi connectivity index (χ1n) is 7.31. The van der Waals surface area contributed by atoms with Crippen LogP contribution in [0.3, 0.4) is 0 Å². The molecule has 0 atom stereocenters. The average Bonchev–Trinajstić information content (AvgIpc) is 2.38. The van der Waals surface area contributed by atoms with Crippen molar-refractivity contribution in [1.29, 1.82) is 0 Å². The molecule has 0 saturated carbocycles. The Balaban J connectivity index is 2.28. The van der Waals surface area contributed by atoms with Crippen LogP contribution in [0, 0.1) is 5.92 Å². The lowest BCUT2D eigenvalue weighted by Crippen LogP contribution is -2.24. The number of likely N-dealkylation sites (N-methyl/N-ethyl adjacent to an activating group) is 1. The molecular formula is C17H26N2. The summed E-state index contributed by atoms with van der Waals surface area (Å²) in [5, 5.41) is 3.26. The van der Waals surface area contributed by atoms with Gasteiger partial charge in [-0.1, -0.05) is 31.6 Å². The second-order valence-corrected chi connectivity index (χ2v) is 5.82. The fourth-order valence-electron chi connectivity index (χ4n) is 2.73. The molecule has 1 aliphatic heterocycles. The van der Waals surface area contributed by atoms with E-state index < -0.39 is 0 Å². The van der Waals surface area contributed by atoms with Gasteiger partial charge in [-0.15, -0.1) is 0 Å². The van der Waals surface area contributed by atoms with Crippen LogP contribution in [-0.2, 0) is 6.42 Å². The summed E-state index contributed by atoms with van der Waals surface area (Å²) in [6, 6.07) is 6.89. The van der Waals surface area contributed by atoms with Crippen LogP contribution >= 0.6 is 0 Å². The Kier molecular flexibility index (Phi) is 4.65. The largest absolute Gasteiger partial charge is 0.374 e. The van der Waals surface area contributed by atoms with E-state index in [9.17, 15) is 0 Å². The third-order valence-corrected chi connectivity index (χ3v) is 3.93. The zero-order valence-electron chi connectivity index (χ0n) is 12.7. The predicted molar refractivity (Wildman–Crippen MR) is 84.8 cm³/mol. The minimum atomic E-state index is 0.589. The first-order chi connectivity index (χ1) is 9.11. The number of hydrogen-bond acceptors (Lipinski definition) is 2. The molecule has 1 aliphatic rings. The summed E-state index contributed by atoms with van der Waals surface area (Å²) in [6.45, 7) is 6.67. The molecule has 0 bridgehead atoms. The van der Waals surface area contributed by atoms with Crippen molar-refractivity contribution in [1.82, 2.24) is 5.32 Å². The Morgan fingerprint density at radius 3 is 2.89 bits per heavy atom. The molecule has 104 valence electrons. The summed E-state index contributed by atoms with van der Waals surface area (Å²) >= 11 is 0. The molecule has 0 aromatic heterocycles. The van der Waals surface area contributed by atoms with Crippen LogP contribution in [-0.4, -0.2) is 27.2 Å². The number of nitrogens with one attached hydrogen (secondary N) is 1. The van der Waals surface area contributed by atoms with Crippen LogP contribution in [0.1, 0.15) is 31.4 Å². The van der Waals surface area contributed by atoms with Gasteiger partial charge in [-0.25, -0.2) is 0 Å². The molecule has 2 nitrogen and oxygen atoms in total. The molecule has 0 saturated heterocycles. The van der Waals surface area contributed by atoms with E-state index in [1.807, 2.05) is 7.05 Å². The number of benzene rings is 1. The number of nitrogens with zero attached hydrogens (tertiary/aromatic N) is 1. The molecule has 1 heterocycles. The van der Waals surface area contributed by atoms with Gasteiger partial charge in [-0.2, -0.15) is 0 Å². The van der Waals surface area contributed by atoms with Crippen molar-refractivity contribution < 1.29 is 0 Å². The summed E-state index contributed by atoms with van der Waals surface area (Å²) in [7, 11) is 4.20. The number of hydrogen-bond donors (Lipinski definition) is 1. The van der Waals surface area contributed by atoms with E-state index in [-0.39, 0.29) is 0 Å². The highest BCUT2D eigenvalue weighted by atomic mass is 15.1. The van der Waals surface area contributed by atoms with Crippen molar-refractivity contribution >= 4 is 11.8 Å². The number of rotatable bonds is 4. The number of fused-ring (bicyclic) bond motifs is 1. The van der Waals surface area contributed by atoms with Gasteiger partial charge in [0, 0.05) is 25.8 Å². The Morgan fingerprint density at radius 1 is 1.42 bits per heavy atom. The van der Waals surface area contributed by atoms with Gasteiger partial charge in [0.05, 0.1) is 0 Å². The first-order valence-corrected chi connectivity index (χ1v) is 7.31. The molecule has 19 heavy (non-hydrogen) atoms. The second-order valence-electron chi connectivity index (χ2n) is 5.82. The van der Waals surface area contributed by atoms with Crippen molar-refractivity contribution in [2.75, 3.05) is 32.1 Å². The molecule has 0 radical (unpaired) electrons. The van der Waals surface area contributed by atoms with E-state index in [1.165, 1.54) is 41.8 Å². The molecule has 1 aromatic carbocycles. The Morgan fingerprint density at radius 2 is 2.21 bits per heavy atom. The quantitative estimate of drug-likeness (QED) is 0.891.